The summed E-state index contributed by atoms with van der Waals surface area (Å²) in [6, 6.07) is 0.355. The molecule has 2 rings (SSSR count). The summed E-state index contributed by atoms with van der Waals surface area (Å²) in [6.07, 6.45) is 5.09. The number of nitrogens with zero attached hydrogens (tertiary/aromatic N) is 1. The van der Waals surface area contributed by atoms with Crippen molar-refractivity contribution in [3.05, 3.63) is 0 Å². The molecule has 3 nitrogen and oxygen atoms in total. The Morgan fingerprint density at radius 2 is 1.73 bits per heavy atom. The van der Waals surface area contributed by atoms with Crippen molar-refractivity contribution in [2.24, 2.45) is 5.92 Å². The van der Waals surface area contributed by atoms with Gasteiger partial charge in [-0.2, -0.15) is 0 Å². The van der Waals surface area contributed by atoms with Crippen LogP contribution in [0.4, 0.5) is 0 Å². The lowest BCUT2D eigenvalue weighted by atomic mass is 9.88. The van der Waals surface area contributed by atoms with E-state index in [2.05, 4.69) is 11.8 Å². The second kappa shape index (κ2) is 4.81. The van der Waals surface area contributed by atoms with E-state index in [4.69, 9.17) is 0 Å². The molecule has 88 valence electrons. The lowest BCUT2D eigenvalue weighted by molar-refractivity contribution is -0.0328. The van der Waals surface area contributed by atoms with Gasteiger partial charge in [-0.05, 0) is 25.2 Å². The highest BCUT2D eigenvalue weighted by atomic mass is 16.3. The quantitative estimate of drug-likeness (QED) is 0.683. The molecule has 0 radical (unpaired) electrons. The van der Waals surface area contributed by atoms with E-state index in [1.807, 2.05) is 0 Å². The fourth-order valence-electron chi connectivity index (χ4n) is 2.98. The highest BCUT2D eigenvalue weighted by Crippen LogP contribution is 2.27. The van der Waals surface area contributed by atoms with E-state index >= 15 is 0 Å². The van der Waals surface area contributed by atoms with Gasteiger partial charge < -0.3 is 10.2 Å². The molecule has 2 N–H and O–H groups in total. The molecule has 3 heteroatoms. The van der Waals surface area contributed by atoms with E-state index in [0.29, 0.717) is 12.0 Å². The van der Waals surface area contributed by atoms with E-state index in [9.17, 15) is 10.2 Å². The first-order valence-corrected chi connectivity index (χ1v) is 6.28. The maximum atomic E-state index is 9.97. The van der Waals surface area contributed by atoms with Gasteiger partial charge >= 0.3 is 0 Å². The first-order chi connectivity index (χ1) is 7.18. The Morgan fingerprint density at radius 1 is 1.00 bits per heavy atom. The number of aliphatic hydroxyl groups excluding tert-OH is 2. The van der Waals surface area contributed by atoms with Gasteiger partial charge in [0.25, 0.3) is 0 Å². The minimum atomic E-state index is -0.138. The maximum absolute atomic E-state index is 9.97. The lowest BCUT2D eigenvalue weighted by Gasteiger charge is -2.43. The smallest absolute Gasteiger partial charge is 0.0695 e. The first-order valence-electron chi connectivity index (χ1n) is 6.28. The van der Waals surface area contributed by atoms with Gasteiger partial charge in [-0.1, -0.05) is 19.8 Å². The van der Waals surface area contributed by atoms with E-state index in [-0.39, 0.29) is 12.2 Å². The molecule has 1 aliphatic carbocycles. The number of rotatable bonds is 1. The maximum Gasteiger partial charge on any atom is 0.0695 e. The van der Waals surface area contributed by atoms with Crippen LogP contribution in [0.5, 0.6) is 0 Å². The van der Waals surface area contributed by atoms with Gasteiger partial charge in [0, 0.05) is 19.1 Å². The van der Waals surface area contributed by atoms with Crippen LogP contribution in [0.1, 0.15) is 39.0 Å². The Balaban J connectivity index is 1.92. The molecule has 1 saturated carbocycles. The fraction of sp³-hybridized carbons (Fsp3) is 1.00. The van der Waals surface area contributed by atoms with Gasteiger partial charge in [-0.15, -0.1) is 0 Å². The van der Waals surface area contributed by atoms with Crippen molar-refractivity contribution in [2.75, 3.05) is 13.1 Å². The highest BCUT2D eigenvalue weighted by molar-refractivity contribution is 4.87. The van der Waals surface area contributed by atoms with Crippen molar-refractivity contribution in [2.45, 2.75) is 57.3 Å². The molecule has 0 aromatic heterocycles. The molecule has 1 heterocycles. The Morgan fingerprint density at radius 3 is 2.40 bits per heavy atom. The van der Waals surface area contributed by atoms with Crippen LogP contribution in [0.25, 0.3) is 0 Å². The highest BCUT2D eigenvalue weighted by Gasteiger charge is 2.33. The Kier molecular flexibility index (Phi) is 3.65. The van der Waals surface area contributed by atoms with Crippen molar-refractivity contribution in [1.82, 2.24) is 4.90 Å². The topological polar surface area (TPSA) is 43.7 Å². The molecule has 1 aliphatic heterocycles. The minimum absolute atomic E-state index is 0.137. The van der Waals surface area contributed by atoms with Crippen molar-refractivity contribution in [1.29, 1.82) is 0 Å². The van der Waals surface area contributed by atoms with Crippen LogP contribution in [0.2, 0.25) is 0 Å². The zero-order valence-electron chi connectivity index (χ0n) is 9.60. The van der Waals surface area contributed by atoms with E-state index in [1.165, 1.54) is 12.8 Å². The molecule has 4 atom stereocenters. The molecule has 0 amide bonds. The third-order valence-corrected chi connectivity index (χ3v) is 4.05. The lowest BCUT2D eigenvalue weighted by Crippen LogP contribution is -2.52. The van der Waals surface area contributed by atoms with Crippen molar-refractivity contribution < 1.29 is 10.2 Å². The fourth-order valence-corrected chi connectivity index (χ4v) is 2.98. The number of likely N-dealkylation sites (tertiary alicyclic amines) is 1. The SMILES string of the molecule is CC1CN(C2CCCCC2O)CCC1O. The van der Waals surface area contributed by atoms with Crippen LogP contribution in [-0.2, 0) is 0 Å². The number of aliphatic hydroxyl groups is 2. The summed E-state index contributed by atoms with van der Waals surface area (Å²) in [5.74, 6) is 0.355. The molecular formula is C12H23NO2. The predicted molar refractivity (Wildman–Crippen MR) is 59.6 cm³/mol. The van der Waals surface area contributed by atoms with Crippen LogP contribution in [0.3, 0.4) is 0 Å². The Labute approximate surface area is 92.1 Å². The molecule has 0 aromatic rings. The van der Waals surface area contributed by atoms with Crippen LogP contribution in [-0.4, -0.2) is 46.5 Å². The average molecular weight is 213 g/mol. The summed E-state index contributed by atoms with van der Waals surface area (Å²) in [5, 5.41) is 19.6. The van der Waals surface area contributed by atoms with Crippen LogP contribution in [0.15, 0.2) is 0 Å². The Hall–Kier alpha value is -0.120. The molecule has 2 aliphatic rings. The molecular weight excluding hydrogens is 190 g/mol. The van der Waals surface area contributed by atoms with Crippen molar-refractivity contribution >= 4 is 0 Å². The molecule has 0 bridgehead atoms. The zero-order chi connectivity index (χ0) is 10.8. The summed E-state index contributed by atoms with van der Waals surface area (Å²) < 4.78 is 0. The van der Waals surface area contributed by atoms with Gasteiger partial charge in [-0.25, -0.2) is 0 Å². The molecule has 15 heavy (non-hydrogen) atoms. The summed E-state index contributed by atoms with van der Waals surface area (Å²) in [7, 11) is 0. The molecule has 2 fully saturated rings. The first kappa shape index (κ1) is 11.4. The Bertz CT molecular complexity index is 210. The summed E-state index contributed by atoms with van der Waals surface area (Å²) in [5.41, 5.74) is 0. The van der Waals surface area contributed by atoms with E-state index in [1.54, 1.807) is 0 Å². The summed E-state index contributed by atoms with van der Waals surface area (Å²) in [6.45, 7) is 4.00. The number of hydrogen-bond acceptors (Lipinski definition) is 3. The van der Waals surface area contributed by atoms with Gasteiger partial charge in [-0.3, -0.25) is 4.90 Å². The van der Waals surface area contributed by atoms with Crippen molar-refractivity contribution in [3.63, 3.8) is 0 Å². The minimum Gasteiger partial charge on any atom is -0.393 e. The summed E-state index contributed by atoms with van der Waals surface area (Å²) in [4.78, 5) is 2.39. The van der Waals surface area contributed by atoms with Crippen LogP contribution >= 0.6 is 0 Å². The summed E-state index contributed by atoms with van der Waals surface area (Å²) >= 11 is 0. The van der Waals surface area contributed by atoms with Crippen molar-refractivity contribution in [3.8, 4) is 0 Å². The molecule has 0 spiro atoms. The standard InChI is InChI=1S/C12H23NO2/c1-9-8-13(7-6-11(9)14)10-4-2-3-5-12(10)15/h9-12,14-15H,2-8H2,1H3. The number of piperidine rings is 1. The molecule has 1 saturated heterocycles. The normalized spacial score (nSPS) is 44.2. The van der Waals surface area contributed by atoms with Gasteiger partial charge in [0.2, 0.25) is 0 Å². The monoisotopic (exact) mass is 213 g/mol. The van der Waals surface area contributed by atoms with Crippen LogP contribution < -0.4 is 0 Å². The third-order valence-electron chi connectivity index (χ3n) is 4.05. The van der Waals surface area contributed by atoms with E-state index < -0.39 is 0 Å². The van der Waals surface area contributed by atoms with Gasteiger partial charge in [0.15, 0.2) is 0 Å². The second-order valence-electron chi connectivity index (χ2n) is 5.25. The molecule has 4 unspecified atom stereocenters. The second-order valence-corrected chi connectivity index (χ2v) is 5.25. The largest absolute Gasteiger partial charge is 0.393 e. The van der Waals surface area contributed by atoms with E-state index in [0.717, 1.165) is 32.4 Å². The average Bonchev–Trinajstić information content (AvgIpc) is 2.23. The van der Waals surface area contributed by atoms with Crippen LogP contribution in [0, 0.1) is 5.92 Å². The van der Waals surface area contributed by atoms with Gasteiger partial charge in [0.1, 0.15) is 0 Å². The predicted octanol–water partition coefficient (Wildman–Crippen LogP) is 0.993. The third kappa shape index (κ3) is 2.52. The zero-order valence-corrected chi connectivity index (χ0v) is 9.60. The number of hydrogen-bond donors (Lipinski definition) is 2. The van der Waals surface area contributed by atoms with Gasteiger partial charge in [0.05, 0.1) is 12.2 Å². The molecule has 0 aromatic carbocycles.